The van der Waals surface area contributed by atoms with Crippen LogP contribution in [-0.4, -0.2) is 11.8 Å². The second kappa shape index (κ2) is 6.70. The van der Waals surface area contributed by atoms with Gasteiger partial charge in [-0.25, -0.2) is 0 Å². The molecule has 0 aliphatic carbocycles. The van der Waals surface area contributed by atoms with Gasteiger partial charge in [0.2, 0.25) is 11.8 Å². The Kier molecular flexibility index (Phi) is 4.72. The first-order valence-corrected chi connectivity index (χ1v) is 6.86. The Morgan fingerprint density at radius 1 is 1.05 bits per heavy atom. The molecule has 0 saturated carbocycles. The third kappa shape index (κ3) is 3.69. The Labute approximate surface area is 124 Å². The number of nitrogens with one attached hydrogen (secondary N) is 1. The van der Waals surface area contributed by atoms with E-state index in [-0.39, 0.29) is 5.91 Å². The van der Waals surface area contributed by atoms with Crippen molar-refractivity contribution in [2.75, 3.05) is 0 Å². The van der Waals surface area contributed by atoms with Crippen LogP contribution in [-0.2, 0) is 11.3 Å². The minimum Gasteiger partial charge on any atom is -0.366 e. The van der Waals surface area contributed by atoms with Gasteiger partial charge in [-0.05, 0) is 28.8 Å². The number of carbonyl (C=O) groups is 2. The summed E-state index contributed by atoms with van der Waals surface area (Å²) in [7, 11) is 0. The second-order valence-corrected chi connectivity index (χ2v) is 4.73. The normalized spacial score (nSPS) is 10.1. The van der Waals surface area contributed by atoms with Crippen molar-refractivity contribution in [2.24, 2.45) is 5.73 Å². The number of hydrogen-bond donors (Lipinski definition) is 2. The number of nitrogens with two attached hydrogens (primary N) is 1. The lowest BCUT2D eigenvalue weighted by atomic mass is 9.98. The van der Waals surface area contributed by atoms with Crippen molar-refractivity contribution in [2.45, 2.75) is 19.9 Å². The van der Waals surface area contributed by atoms with Crippen LogP contribution in [0, 0.1) is 0 Å². The van der Waals surface area contributed by atoms with Gasteiger partial charge >= 0.3 is 0 Å². The number of carbonyl (C=O) groups excluding carboxylic acids is 2. The van der Waals surface area contributed by atoms with E-state index < -0.39 is 5.91 Å². The highest BCUT2D eigenvalue weighted by molar-refractivity contribution is 5.93. The lowest BCUT2D eigenvalue weighted by molar-refractivity contribution is -0.120. The maximum absolute atomic E-state index is 11.4. The largest absolute Gasteiger partial charge is 0.366 e. The fourth-order valence-electron chi connectivity index (χ4n) is 2.09. The van der Waals surface area contributed by atoms with Crippen LogP contribution in [0.15, 0.2) is 48.5 Å². The maximum atomic E-state index is 11.4. The minimum atomic E-state index is -0.440. The summed E-state index contributed by atoms with van der Waals surface area (Å²) in [5, 5.41) is 2.88. The molecule has 0 spiro atoms. The molecule has 4 nitrogen and oxygen atoms in total. The van der Waals surface area contributed by atoms with Crippen LogP contribution in [0.1, 0.15) is 29.3 Å². The lowest BCUT2D eigenvalue weighted by Crippen LogP contribution is -2.21. The van der Waals surface area contributed by atoms with Gasteiger partial charge in [-0.3, -0.25) is 9.59 Å². The number of hydrogen-bond acceptors (Lipinski definition) is 2. The maximum Gasteiger partial charge on any atom is 0.248 e. The standard InChI is InChI=1S/C17H18N2O2/c1-2-16(20)19-11-14-5-3-4-6-15(14)12-7-9-13(10-8-12)17(18)21/h3-10H,2,11H2,1H3,(H2,18,21)(H,19,20). The highest BCUT2D eigenvalue weighted by atomic mass is 16.1. The monoisotopic (exact) mass is 282 g/mol. The van der Waals surface area contributed by atoms with E-state index >= 15 is 0 Å². The van der Waals surface area contributed by atoms with E-state index in [1.165, 1.54) is 0 Å². The van der Waals surface area contributed by atoms with Crippen molar-refractivity contribution in [3.8, 4) is 11.1 Å². The SMILES string of the molecule is CCC(=O)NCc1ccccc1-c1ccc(C(N)=O)cc1. The molecule has 2 aromatic rings. The van der Waals surface area contributed by atoms with E-state index in [2.05, 4.69) is 5.32 Å². The summed E-state index contributed by atoms with van der Waals surface area (Å²) in [6.07, 6.45) is 0.468. The summed E-state index contributed by atoms with van der Waals surface area (Å²) in [4.78, 5) is 22.5. The fourth-order valence-corrected chi connectivity index (χ4v) is 2.09. The highest BCUT2D eigenvalue weighted by Gasteiger charge is 2.07. The van der Waals surface area contributed by atoms with Crippen LogP contribution in [0.3, 0.4) is 0 Å². The molecule has 108 valence electrons. The lowest BCUT2D eigenvalue weighted by Gasteiger charge is -2.11. The fraction of sp³-hybridized carbons (Fsp3) is 0.176. The number of rotatable bonds is 5. The minimum absolute atomic E-state index is 0.0221. The third-order valence-electron chi connectivity index (χ3n) is 3.29. The first-order valence-electron chi connectivity index (χ1n) is 6.86. The van der Waals surface area contributed by atoms with Gasteiger partial charge in [0.05, 0.1) is 0 Å². The predicted molar refractivity (Wildman–Crippen MR) is 82.5 cm³/mol. The zero-order valence-corrected chi connectivity index (χ0v) is 11.9. The molecule has 0 fully saturated rings. The molecule has 0 aliphatic heterocycles. The summed E-state index contributed by atoms with van der Waals surface area (Å²) >= 11 is 0. The summed E-state index contributed by atoms with van der Waals surface area (Å²) in [6, 6.07) is 15.0. The van der Waals surface area contributed by atoms with Crippen molar-refractivity contribution >= 4 is 11.8 Å². The third-order valence-corrected chi connectivity index (χ3v) is 3.29. The molecule has 21 heavy (non-hydrogen) atoms. The first-order chi connectivity index (χ1) is 10.1. The van der Waals surface area contributed by atoms with E-state index in [0.717, 1.165) is 16.7 Å². The van der Waals surface area contributed by atoms with Crippen molar-refractivity contribution in [3.63, 3.8) is 0 Å². The average Bonchev–Trinajstić information content (AvgIpc) is 2.53. The summed E-state index contributed by atoms with van der Waals surface area (Å²) in [5.41, 5.74) is 8.78. The smallest absolute Gasteiger partial charge is 0.248 e. The van der Waals surface area contributed by atoms with Crippen LogP contribution in [0.4, 0.5) is 0 Å². The van der Waals surface area contributed by atoms with Crippen molar-refractivity contribution < 1.29 is 9.59 Å². The van der Waals surface area contributed by atoms with Gasteiger partial charge in [0.15, 0.2) is 0 Å². The summed E-state index contributed by atoms with van der Waals surface area (Å²) < 4.78 is 0. The molecule has 4 heteroatoms. The first kappa shape index (κ1) is 14.8. The molecule has 2 aromatic carbocycles. The van der Waals surface area contributed by atoms with Crippen molar-refractivity contribution in [1.29, 1.82) is 0 Å². The molecule has 0 heterocycles. The molecule has 0 radical (unpaired) electrons. The highest BCUT2D eigenvalue weighted by Crippen LogP contribution is 2.24. The van der Waals surface area contributed by atoms with Gasteiger partial charge in [0.1, 0.15) is 0 Å². The second-order valence-electron chi connectivity index (χ2n) is 4.73. The van der Waals surface area contributed by atoms with Gasteiger partial charge in [-0.1, -0.05) is 43.3 Å². The van der Waals surface area contributed by atoms with Gasteiger partial charge in [-0.2, -0.15) is 0 Å². The molecular weight excluding hydrogens is 264 g/mol. The molecule has 0 atom stereocenters. The Morgan fingerprint density at radius 2 is 1.71 bits per heavy atom. The Bertz CT molecular complexity index is 648. The molecule has 3 N–H and O–H groups in total. The van der Waals surface area contributed by atoms with Gasteiger partial charge in [-0.15, -0.1) is 0 Å². The van der Waals surface area contributed by atoms with E-state index in [1.54, 1.807) is 12.1 Å². The quantitative estimate of drug-likeness (QED) is 0.884. The van der Waals surface area contributed by atoms with E-state index in [1.807, 2.05) is 43.3 Å². The van der Waals surface area contributed by atoms with Crippen molar-refractivity contribution in [3.05, 3.63) is 59.7 Å². The number of benzene rings is 2. The van der Waals surface area contributed by atoms with Crippen molar-refractivity contribution in [1.82, 2.24) is 5.32 Å². The molecular formula is C17H18N2O2. The number of primary amides is 1. The predicted octanol–water partition coefficient (Wildman–Crippen LogP) is 2.48. The average molecular weight is 282 g/mol. The molecule has 0 aromatic heterocycles. The van der Waals surface area contributed by atoms with Gasteiger partial charge in [0.25, 0.3) is 0 Å². The molecule has 0 saturated heterocycles. The van der Waals surface area contributed by atoms with Crippen LogP contribution in [0.25, 0.3) is 11.1 Å². The topological polar surface area (TPSA) is 72.2 Å². The molecule has 2 rings (SSSR count). The van der Waals surface area contributed by atoms with E-state index in [0.29, 0.717) is 18.5 Å². The van der Waals surface area contributed by atoms with E-state index in [9.17, 15) is 9.59 Å². The van der Waals surface area contributed by atoms with Crippen LogP contribution in [0.2, 0.25) is 0 Å². The van der Waals surface area contributed by atoms with Crippen LogP contribution >= 0.6 is 0 Å². The number of amides is 2. The Balaban J connectivity index is 2.26. The molecule has 0 unspecified atom stereocenters. The zero-order valence-electron chi connectivity index (χ0n) is 11.9. The molecule has 0 bridgehead atoms. The van der Waals surface area contributed by atoms with Crippen LogP contribution in [0.5, 0.6) is 0 Å². The van der Waals surface area contributed by atoms with Crippen LogP contribution < -0.4 is 11.1 Å². The Hall–Kier alpha value is -2.62. The summed E-state index contributed by atoms with van der Waals surface area (Å²) in [6.45, 7) is 2.31. The van der Waals surface area contributed by atoms with Gasteiger partial charge < -0.3 is 11.1 Å². The molecule has 0 aliphatic rings. The Morgan fingerprint density at radius 3 is 2.33 bits per heavy atom. The zero-order chi connectivity index (χ0) is 15.2. The van der Waals surface area contributed by atoms with E-state index in [4.69, 9.17) is 5.73 Å². The summed E-state index contributed by atoms with van der Waals surface area (Å²) in [5.74, 6) is -0.418. The van der Waals surface area contributed by atoms with Gasteiger partial charge in [0, 0.05) is 18.5 Å². The molecule has 2 amide bonds.